The Kier molecular flexibility index (Phi) is 12.4. The maximum absolute atomic E-state index is 12.5. The van der Waals surface area contributed by atoms with E-state index in [0.29, 0.717) is 26.2 Å². The number of ether oxygens (including phenoxy) is 2. The molecule has 178 valence electrons. The number of rotatable bonds is 10. The normalized spacial score (nSPS) is 20.4. The predicted molar refractivity (Wildman–Crippen MR) is 132 cm³/mol. The molecule has 8 nitrogen and oxygen atoms in total. The lowest BCUT2D eigenvalue weighted by Gasteiger charge is -2.37. The molecule has 1 aliphatic carbocycles. The SMILES string of the molecule is CN=C(NCC1(CCOC)CCCC1)N1CCN(S(=O)(=O)CCOC(C)C)CC1.I. The van der Waals surface area contributed by atoms with Crippen LogP contribution in [0.3, 0.4) is 0 Å². The minimum Gasteiger partial charge on any atom is -0.385 e. The fraction of sp³-hybridized carbons (Fsp3) is 0.950. The molecule has 0 aromatic carbocycles. The van der Waals surface area contributed by atoms with Crippen molar-refractivity contribution in [3.63, 3.8) is 0 Å². The van der Waals surface area contributed by atoms with Gasteiger partial charge in [-0.1, -0.05) is 12.8 Å². The van der Waals surface area contributed by atoms with Crippen LogP contribution in [0.25, 0.3) is 0 Å². The van der Waals surface area contributed by atoms with Gasteiger partial charge in [0.25, 0.3) is 0 Å². The van der Waals surface area contributed by atoms with Crippen molar-refractivity contribution in [3.05, 3.63) is 0 Å². The molecule has 2 fully saturated rings. The van der Waals surface area contributed by atoms with Gasteiger partial charge in [0.2, 0.25) is 10.0 Å². The second-order valence-electron chi connectivity index (χ2n) is 8.47. The molecule has 0 amide bonds. The van der Waals surface area contributed by atoms with Crippen LogP contribution in [-0.4, -0.2) is 95.5 Å². The molecule has 10 heteroatoms. The Hall–Kier alpha value is -0.170. The second-order valence-corrected chi connectivity index (χ2v) is 10.6. The van der Waals surface area contributed by atoms with Crippen molar-refractivity contribution in [1.29, 1.82) is 0 Å². The van der Waals surface area contributed by atoms with Gasteiger partial charge in [0.05, 0.1) is 18.5 Å². The smallest absolute Gasteiger partial charge is 0.216 e. The summed E-state index contributed by atoms with van der Waals surface area (Å²) in [5, 5.41) is 3.56. The topological polar surface area (TPSA) is 83.5 Å². The fourth-order valence-corrected chi connectivity index (χ4v) is 5.54. The highest BCUT2D eigenvalue weighted by Gasteiger charge is 2.34. The van der Waals surface area contributed by atoms with Crippen molar-refractivity contribution in [2.24, 2.45) is 10.4 Å². The lowest BCUT2D eigenvalue weighted by atomic mass is 9.83. The minimum absolute atomic E-state index is 0. The molecule has 1 N–H and O–H groups in total. The first kappa shape index (κ1) is 27.9. The molecule has 2 aliphatic rings. The number of nitrogens with one attached hydrogen (secondary N) is 1. The van der Waals surface area contributed by atoms with Crippen LogP contribution in [0.5, 0.6) is 0 Å². The molecule has 0 atom stereocenters. The number of piperazine rings is 1. The number of hydrogen-bond acceptors (Lipinski definition) is 5. The monoisotopic (exact) mass is 560 g/mol. The molecule has 1 saturated carbocycles. The number of hydrogen-bond donors (Lipinski definition) is 1. The Morgan fingerprint density at radius 3 is 2.30 bits per heavy atom. The molecule has 2 rings (SSSR count). The molecule has 0 bridgehead atoms. The lowest BCUT2D eigenvalue weighted by Crippen LogP contribution is -2.55. The third kappa shape index (κ3) is 8.40. The summed E-state index contributed by atoms with van der Waals surface area (Å²) in [6, 6.07) is 0. The third-order valence-electron chi connectivity index (χ3n) is 6.06. The quantitative estimate of drug-likeness (QED) is 0.251. The van der Waals surface area contributed by atoms with Gasteiger partial charge in [-0.3, -0.25) is 4.99 Å². The zero-order valence-corrected chi connectivity index (χ0v) is 22.2. The van der Waals surface area contributed by atoms with E-state index in [1.54, 1.807) is 18.5 Å². The predicted octanol–water partition coefficient (Wildman–Crippen LogP) is 2.15. The van der Waals surface area contributed by atoms with Crippen LogP contribution in [0.15, 0.2) is 4.99 Å². The summed E-state index contributed by atoms with van der Waals surface area (Å²) >= 11 is 0. The van der Waals surface area contributed by atoms with E-state index in [-0.39, 0.29) is 47.9 Å². The minimum atomic E-state index is -3.27. The molecule has 0 spiro atoms. The Bertz CT molecular complexity index is 616. The molecule has 0 aromatic rings. The Morgan fingerprint density at radius 1 is 1.13 bits per heavy atom. The molecular weight excluding hydrogens is 519 g/mol. The maximum Gasteiger partial charge on any atom is 0.216 e. The Labute approximate surface area is 200 Å². The Balaban J connectivity index is 0.00000450. The standard InChI is InChI=1S/C20H40N4O4S.HI/c1-18(2)28-15-16-29(25,26)24-12-10-23(11-13-24)19(21-3)22-17-20(9-14-27-4)7-5-6-8-20;/h18H,5-17H2,1-4H3,(H,21,22);1H. The van der Waals surface area contributed by atoms with Gasteiger partial charge in [-0.2, -0.15) is 4.31 Å². The molecule has 1 aliphatic heterocycles. The average molecular weight is 561 g/mol. The van der Waals surface area contributed by atoms with Crippen LogP contribution in [0.1, 0.15) is 46.0 Å². The maximum atomic E-state index is 12.5. The van der Waals surface area contributed by atoms with Gasteiger partial charge in [0, 0.05) is 53.5 Å². The highest BCUT2D eigenvalue weighted by atomic mass is 127. The highest BCUT2D eigenvalue weighted by Crippen LogP contribution is 2.40. The van der Waals surface area contributed by atoms with Gasteiger partial charge < -0.3 is 19.7 Å². The van der Waals surface area contributed by atoms with Gasteiger partial charge in [0.1, 0.15) is 0 Å². The summed E-state index contributed by atoms with van der Waals surface area (Å²) in [5.74, 6) is 0.911. The first-order chi connectivity index (χ1) is 13.8. The summed E-state index contributed by atoms with van der Waals surface area (Å²) in [4.78, 5) is 6.61. The van der Waals surface area contributed by atoms with Crippen LogP contribution in [0.2, 0.25) is 0 Å². The first-order valence-corrected chi connectivity index (χ1v) is 12.5. The van der Waals surface area contributed by atoms with Crippen LogP contribution in [0.4, 0.5) is 0 Å². The highest BCUT2D eigenvalue weighted by molar-refractivity contribution is 14.0. The van der Waals surface area contributed by atoms with E-state index in [1.807, 2.05) is 13.8 Å². The van der Waals surface area contributed by atoms with E-state index in [1.165, 1.54) is 25.7 Å². The molecule has 0 radical (unpaired) electrons. The summed E-state index contributed by atoms with van der Waals surface area (Å²) < 4.78 is 37.4. The zero-order valence-electron chi connectivity index (χ0n) is 19.1. The van der Waals surface area contributed by atoms with Crippen molar-refractivity contribution >= 4 is 40.0 Å². The van der Waals surface area contributed by atoms with Crippen LogP contribution >= 0.6 is 24.0 Å². The largest absolute Gasteiger partial charge is 0.385 e. The van der Waals surface area contributed by atoms with E-state index in [2.05, 4.69) is 15.2 Å². The van der Waals surface area contributed by atoms with Crippen LogP contribution < -0.4 is 5.32 Å². The van der Waals surface area contributed by atoms with Gasteiger partial charge in [-0.25, -0.2) is 8.42 Å². The molecule has 30 heavy (non-hydrogen) atoms. The van der Waals surface area contributed by atoms with E-state index in [0.717, 1.165) is 25.5 Å². The van der Waals surface area contributed by atoms with E-state index >= 15 is 0 Å². The zero-order chi connectivity index (χ0) is 21.3. The van der Waals surface area contributed by atoms with Crippen molar-refractivity contribution in [2.75, 3.05) is 65.8 Å². The summed E-state index contributed by atoms with van der Waals surface area (Å²) in [7, 11) is 0.285. The third-order valence-corrected chi connectivity index (χ3v) is 7.89. The number of aliphatic imine (C=N–C) groups is 1. The van der Waals surface area contributed by atoms with Gasteiger partial charge in [0.15, 0.2) is 5.96 Å². The van der Waals surface area contributed by atoms with Crippen molar-refractivity contribution in [3.8, 4) is 0 Å². The number of methoxy groups -OCH3 is 1. The average Bonchev–Trinajstić information content (AvgIpc) is 3.16. The second kappa shape index (κ2) is 13.4. The van der Waals surface area contributed by atoms with E-state index in [9.17, 15) is 8.42 Å². The Morgan fingerprint density at radius 2 is 1.77 bits per heavy atom. The molecular formula is C20H41IN4O4S. The van der Waals surface area contributed by atoms with Crippen molar-refractivity contribution in [2.45, 2.75) is 52.1 Å². The molecule has 1 heterocycles. The number of sulfonamides is 1. The molecule has 0 aromatic heterocycles. The lowest BCUT2D eigenvalue weighted by molar-refractivity contribution is 0.0904. The van der Waals surface area contributed by atoms with E-state index in [4.69, 9.17) is 9.47 Å². The van der Waals surface area contributed by atoms with Crippen molar-refractivity contribution in [1.82, 2.24) is 14.5 Å². The number of guanidine groups is 1. The summed E-state index contributed by atoms with van der Waals surface area (Å²) in [6.45, 7) is 8.02. The molecule has 1 saturated heterocycles. The van der Waals surface area contributed by atoms with Gasteiger partial charge >= 0.3 is 0 Å². The van der Waals surface area contributed by atoms with Crippen molar-refractivity contribution < 1.29 is 17.9 Å². The van der Waals surface area contributed by atoms with Crippen LogP contribution in [0, 0.1) is 5.41 Å². The molecule has 0 unspecified atom stereocenters. The van der Waals surface area contributed by atoms with Gasteiger partial charge in [-0.05, 0) is 38.5 Å². The van der Waals surface area contributed by atoms with Gasteiger partial charge in [-0.15, -0.1) is 24.0 Å². The van der Waals surface area contributed by atoms with Crippen LogP contribution in [-0.2, 0) is 19.5 Å². The van der Waals surface area contributed by atoms with E-state index < -0.39 is 10.0 Å². The number of halogens is 1. The summed E-state index contributed by atoms with van der Waals surface area (Å²) in [6.07, 6.45) is 6.12. The summed E-state index contributed by atoms with van der Waals surface area (Å²) in [5.41, 5.74) is 0.285. The number of nitrogens with zero attached hydrogens (tertiary/aromatic N) is 3. The fourth-order valence-electron chi connectivity index (χ4n) is 4.25. The first-order valence-electron chi connectivity index (χ1n) is 10.9.